The van der Waals surface area contributed by atoms with Gasteiger partial charge in [-0.05, 0) is 0 Å². The first-order valence-corrected chi connectivity index (χ1v) is 2.50. The van der Waals surface area contributed by atoms with Gasteiger partial charge >= 0.3 is 0 Å². The Balaban J connectivity index is -0.00000000135. The third-order valence-corrected chi connectivity index (χ3v) is 0.250. The van der Waals surface area contributed by atoms with Gasteiger partial charge in [0.15, 0.2) is 0 Å². The molecular formula is C8H17WY10-5. The van der Waals surface area contributed by atoms with Gasteiger partial charge in [-0.2, -0.15) is 0 Å². The summed E-state index contributed by atoms with van der Waals surface area (Å²) in [5.41, 5.74) is 0. The second kappa shape index (κ2) is 113. The van der Waals surface area contributed by atoms with Crippen LogP contribution in [0.25, 0.3) is 0 Å². The van der Waals surface area contributed by atoms with Crippen molar-refractivity contribution < 1.29 is 348 Å². The van der Waals surface area contributed by atoms with Crippen LogP contribution < -0.4 is 0 Å². The van der Waals surface area contributed by atoms with E-state index in [1.165, 1.54) is 0 Å². The molecule has 0 rings (SSSR count). The molecule has 19 heavy (non-hydrogen) atoms. The third kappa shape index (κ3) is 141. The first kappa shape index (κ1) is 97.0. The van der Waals surface area contributed by atoms with E-state index < -0.39 is 0 Å². The Labute approximate surface area is 390 Å². The molecule has 11 heteroatoms. The standard InChI is InChI=1S/C4H8.C3H6.CH3.W.10Y/c1-3-4-2;1-3-2;;;;;;;;;;;;/h1-4H2;1-3H2;1H3;;;;;;;;;;;/q2*-2;-1;;;;;;;;;;;. The minimum absolute atomic E-state index is 0. The second-order valence-corrected chi connectivity index (χ2v) is 1.06. The van der Waals surface area contributed by atoms with Crippen LogP contribution in [0.15, 0.2) is 0 Å². The van der Waals surface area contributed by atoms with Gasteiger partial charge in [-0.15, -0.1) is 0 Å². The topological polar surface area (TPSA) is 0 Å². The fraction of sp³-hybridized carbons (Fsp3) is 0.375. The first-order valence-electron chi connectivity index (χ1n) is 2.50. The molecule has 0 atom stereocenters. The van der Waals surface area contributed by atoms with Gasteiger partial charge < -0.3 is 41.5 Å². The average Bonchev–Trinajstić information content (AvgIpc) is 1.69. The Morgan fingerprint density at radius 1 is 0.421 bits per heavy atom. The van der Waals surface area contributed by atoms with Gasteiger partial charge in [-0.1, -0.05) is 0 Å². The van der Waals surface area contributed by atoms with E-state index >= 15 is 0 Å². The number of unbranched alkanes of at least 4 members (excludes halogenated alkanes) is 1. The normalized spacial score (nSPS) is 2.53. The van der Waals surface area contributed by atoms with Crippen molar-refractivity contribution in [1.29, 1.82) is 0 Å². The Morgan fingerprint density at radius 2 is 0.474 bits per heavy atom. The van der Waals surface area contributed by atoms with Crippen LogP contribution in [0.3, 0.4) is 0 Å². The van der Waals surface area contributed by atoms with Gasteiger partial charge in [0.05, 0.1) is 0 Å². The zero-order valence-corrected chi connectivity index (χ0v) is 43.4. The van der Waals surface area contributed by atoms with Gasteiger partial charge in [-0.3, -0.25) is 0 Å². The Hall–Kier alpha value is 11.7. The molecule has 0 aromatic rings. The molecule has 0 aromatic heterocycles. The van der Waals surface area contributed by atoms with E-state index in [1.54, 1.807) is 0 Å². The summed E-state index contributed by atoms with van der Waals surface area (Å²) in [6, 6.07) is 0. The smallest absolute Gasteiger partial charge is 0 e. The second-order valence-electron chi connectivity index (χ2n) is 1.06. The van der Waals surface area contributed by atoms with Crippen LogP contribution >= 0.6 is 0 Å². The molecule has 10 radical (unpaired) electrons. The fourth-order valence-corrected chi connectivity index (χ4v) is 0. The summed E-state index contributed by atoms with van der Waals surface area (Å²) < 4.78 is 0. The maximum absolute atomic E-state index is 3.54. The Morgan fingerprint density at radius 3 is 0.474 bits per heavy atom. The minimum atomic E-state index is 0. The first-order chi connectivity index (χ1) is 3.33. The molecule has 0 fully saturated rings. The molecule has 0 saturated carbocycles. The van der Waals surface area contributed by atoms with Crippen LogP contribution in [0, 0.1) is 35.1 Å². The van der Waals surface area contributed by atoms with Crippen LogP contribution in [0.5, 0.6) is 0 Å². The van der Waals surface area contributed by atoms with Gasteiger partial charge in [-0.25, -0.2) is 12.8 Å². The Bertz CT molecular complexity index is 31.0. The summed E-state index contributed by atoms with van der Waals surface area (Å²) in [4.78, 5) is 0. The molecular weight excluding hydrogens is 1170 g/mol. The van der Waals surface area contributed by atoms with E-state index in [-0.39, 0.29) is 356 Å². The molecule has 0 aliphatic carbocycles. The van der Waals surface area contributed by atoms with Crippen molar-refractivity contribution in [3.63, 3.8) is 0 Å². The maximum Gasteiger partial charge on any atom is 0 e. The molecule has 0 saturated heterocycles. The summed E-state index contributed by atoms with van der Waals surface area (Å²) in [7, 11) is 0. The number of hydrogen-bond donors (Lipinski definition) is 0. The van der Waals surface area contributed by atoms with Gasteiger partial charge in [0.25, 0.3) is 0 Å². The van der Waals surface area contributed by atoms with Gasteiger partial charge in [0.2, 0.25) is 0 Å². The van der Waals surface area contributed by atoms with Crippen molar-refractivity contribution >= 4 is 0 Å². The minimum Gasteiger partial charge on any atom is -0.372 e. The number of hydrogen-bond acceptors (Lipinski definition) is 0. The molecule has 0 aliphatic heterocycles. The summed E-state index contributed by atoms with van der Waals surface area (Å²) in [6.07, 6.45) is 2.67. The third-order valence-electron chi connectivity index (χ3n) is 0.250. The predicted octanol–water partition coefficient (Wildman–Crippen LogP) is 2.90. The van der Waals surface area contributed by atoms with E-state index in [0.29, 0.717) is 0 Å². The van der Waals surface area contributed by atoms with Crippen molar-refractivity contribution in [2.24, 2.45) is 0 Å². The van der Waals surface area contributed by atoms with E-state index in [1.807, 2.05) is 0 Å². The predicted molar refractivity (Wildman–Crippen MR) is 41.7 cm³/mol. The van der Waals surface area contributed by atoms with E-state index in [2.05, 4.69) is 27.7 Å². The molecule has 0 aromatic carbocycles. The van der Waals surface area contributed by atoms with Crippen LogP contribution in [0.2, 0.25) is 0 Å². The van der Waals surface area contributed by atoms with Crippen molar-refractivity contribution in [2.75, 3.05) is 0 Å². The molecule has 0 amide bonds. The zero-order chi connectivity index (χ0) is 6.12. The monoisotopic (exact) mass is 1190 g/mol. The summed E-state index contributed by atoms with van der Waals surface area (Å²) in [5.74, 6) is 0. The molecule has 0 bridgehead atoms. The van der Waals surface area contributed by atoms with Crippen molar-refractivity contribution in [3.05, 3.63) is 35.1 Å². The molecule has 0 unspecified atom stereocenters. The molecule has 0 aliphatic rings. The Kier molecular flexibility index (Phi) is 578. The van der Waals surface area contributed by atoms with Crippen molar-refractivity contribution in [1.82, 2.24) is 0 Å². The quantitative estimate of drug-likeness (QED) is 0.355. The van der Waals surface area contributed by atoms with E-state index in [0.717, 1.165) is 19.3 Å². The van der Waals surface area contributed by atoms with Crippen LogP contribution in [0.4, 0.5) is 0 Å². The zero-order valence-electron chi connectivity index (χ0n) is 12.1. The largest absolute Gasteiger partial charge is 0.372 e. The maximum atomic E-state index is 3.54. The molecule has 90 valence electrons. The summed E-state index contributed by atoms with van der Waals surface area (Å²) in [5, 5.41) is 0. The van der Waals surface area contributed by atoms with Crippen LogP contribution in [-0.4, -0.2) is 0 Å². The number of rotatable bonds is 1. The van der Waals surface area contributed by atoms with Gasteiger partial charge in [0.1, 0.15) is 0 Å². The van der Waals surface area contributed by atoms with E-state index in [4.69, 9.17) is 0 Å². The molecule has 0 spiro atoms. The fourth-order valence-electron chi connectivity index (χ4n) is 0. The van der Waals surface area contributed by atoms with E-state index in [9.17, 15) is 0 Å². The van der Waals surface area contributed by atoms with Crippen LogP contribution in [0.1, 0.15) is 19.3 Å². The molecule has 0 N–H and O–H groups in total. The van der Waals surface area contributed by atoms with Gasteiger partial charge in [0, 0.05) is 348 Å². The summed E-state index contributed by atoms with van der Waals surface area (Å²) in [6.45, 7) is 13.8. The summed E-state index contributed by atoms with van der Waals surface area (Å²) >= 11 is 0. The van der Waals surface area contributed by atoms with Crippen LogP contribution in [-0.2, 0) is 348 Å². The SMILES string of the molecule is [CH2-]CC[CH2-].[CH2-]C[CH2-].[CH3-].[W].[Y].[Y].[Y].[Y].[Y].[Y].[Y].[Y].[Y].[Y]. The average molecular weight is 1190 g/mol. The molecule has 0 nitrogen and oxygen atoms in total. The molecule has 0 heterocycles. The van der Waals surface area contributed by atoms with Crippen molar-refractivity contribution in [3.8, 4) is 0 Å². The van der Waals surface area contributed by atoms with Crippen molar-refractivity contribution in [2.45, 2.75) is 19.3 Å².